The minimum absolute atomic E-state index is 0.173. The predicted molar refractivity (Wildman–Crippen MR) is 68.6 cm³/mol. The third kappa shape index (κ3) is 2.65. The van der Waals surface area contributed by atoms with Crippen LogP contribution >= 0.6 is 11.3 Å². The van der Waals surface area contributed by atoms with Crippen LogP contribution < -0.4 is 5.56 Å². The summed E-state index contributed by atoms with van der Waals surface area (Å²) < 4.78 is 5.63. The molecular formula is C12H12N2O3S. The molecule has 0 fully saturated rings. The molecule has 0 amide bonds. The summed E-state index contributed by atoms with van der Waals surface area (Å²) in [6.45, 7) is 1.83. The Morgan fingerprint density at radius 2 is 2.17 bits per heavy atom. The Kier molecular flexibility index (Phi) is 3.57. The van der Waals surface area contributed by atoms with Crippen LogP contribution in [0.15, 0.2) is 29.1 Å². The number of carbonyl (C=O) groups excluding carboxylic acids is 1. The zero-order valence-electron chi connectivity index (χ0n) is 10.0. The molecule has 2 rings (SSSR count). The van der Waals surface area contributed by atoms with E-state index >= 15 is 0 Å². The summed E-state index contributed by atoms with van der Waals surface area (Å²) in [6.07, 6.45) is 0. The largest absolute Gasteiger partial charge is 0.468 e. The quantitative estimate of drug-likeness (QED) is 0.787. The molecule has 0 saturated heterocycles. The van der Waals surface area contributed by atoms with Crippen LogP contribution in [0.25, 0.3) is 10.6 Å². The normalized spacial score (nSPS) is 10.3. The van der Waals surface area contributed by atoms with E-state index in [1.165, 1.54) is 13.2 Å². The molecule has 94 valence electrons. The van der Waals surface area contributed by atoms with E-state index in [0.717, 1.165) is 14.4 Å². The van der Waals surface area contributed by atoms with Gasteiger partial charge in [-0.05, 0) is 25.1 Å². The van der Waals surface area contributed by atoms with Crippen molar-refractivity contribution in [1.29, 1.82) is 0 Å². The van der Waals surface area contributed by atoms with Crippen molar-refractivity contribution in [2.45, 2.75) is 13.5 Å². The molecule has 0 aliphatic rings. The minimum atomic E-state index is -0.496. The van der Waals surface area contributed by atoms with Gasteiger partial charge in [0.05, 0.1) is 12.0 Å². The summed E-state index contributed by atoms with van der Waals surface area (Å²) in [5.41, 5.74) is 0.356. The topological polar surface area (TPSA) is 61.2 Å². The SMILES string of the molecule is COC(=O)Cn1nc(-c2ccc(C)s2)ccc1=O. The Labute approximate surface area is 108 Å². The average molecular weight is 264 g/mol. The second kappa shape index (κ2) is 5.14. The molecule has 0 atom stereocenters. The summed E-state index contributed by atoms with van der Waals surface area (Å²) >= 11 is 1.59. The molecule has 2 aromatic heterocycles. The van der Waals surface area contributed by atoms with Crippen LogP contribution in [0.4, 0.5) is 0 Å². The smallest absolute Gasteiger partial charge is 0.327 e. The van der Waals surface area contributed by atoms with Crippen LogP contribution in [0.2, 0.25) is 0 Å². The van der Waals surface area contributed by atoms with E-state index in [4.69, 9.17) is 0 Å². The van der Waals surface area contributed by atoms with Gasteiger partial charge in [0, 0.05) is 10.9 Å². The lowest BCUT2D eigenvalue weighted by atomic mass is 10.3. The van der Waals surface area contributed by atoms with Crippen molar-refractivity contribution in [3.05, 3.63) is 39.5 Å². The fraction of sp³-hybridized carbons (Fsp3) is 0.250. The van der Waals surface area contributed by atoms with Crippen LogP contribution in [-0.2, 0) is 16.1 Å². The predicted octanol–water partition coefficient (Wildman–Crippen LogP) is 1.45. The molecule has 18 heavy (non-hydrogen) atoms. The third-order valence-corrected chi connectivity index (χ3v) is 3.39. The van der Waals surface area contributed by atoms with Crippen molar-refractivity contribution in [2.24, 2.45) is 0 Å². The van der Waals surface area contributed by atoms with E-state index in [9.17, 15) is 9.59 Å². The van der Waals surface area contributed by atoms with Gasteiger partial charge in [0.2, 0.25) is 0 Å². The number of aromatic nitrogens is 2. The highest BCUT2D eigenvalue weighted by atomic mass is 32.1. The van der Waals surface area contributed by atoms with E-state index in [1.807, 2.05) is 19.1 Å². The number of methoxy groups -OCH3 is 1. The molecule has 0 aliphatic carbocycles. The number of aryl methyl sites for hydroxylation is 1. The lowest BCUT2D eigenvalue weighted by Crippen LogP contribution is -2.26. The number of esters is 1. The van der Waals surface area contributed by atoms with Crippen LogP contribution in [0.1, 0.15) is 4.88 Å². The maximum Gasteiger partial charge on any atom is 0.327 e. The average Bonchev–Trinajstić information content (AvgIpc) is 2.78. The fourth-order valence-electron chi connectivity index (χ4n) is 1.45. The number of nitrogens with zero attached hydrogens (tertiary/aromatic N) is 2. The maximum absolute atomic E-state index is 11.6. The number of hydrogen-bond acceptors (Lipinski definition) is 5. The van der Waals surface area contributed by atoms with Crippen molar-refractivity contribution < 1.29 is 9.53 Å². The molecule has 0 saturated carbocycles. The summed E-state index contributed by atoms with van der Waals surface area (Å²) in [6, 6.07) is 6.98. The van der Waals surface area contributed by atoms with Crippen molar-refractivity contribution in [3.8, 4) is 10.6 Å². The zero-order valence-corrected chi connectivity index (χ0v) is 10.9. The molecule has 0 aromatic carbocycles. The first-order chi connectivity index (χ1) is 8.60. The van der Waals surface area contributed by atoms with Gasteiger partial charge in [-0.25, -0.2) is 4.68 Å². The third-order valence-electron chi connectivity index (χ3n) is 2.37. The van der Waals surface area contributed by atoms with Crippen LogP contribution in [0.3, 0.4) is 0 Å². The van der Waals surface area contributed by atoms with E-state index in [-0.39, 0.29) is 12.1 Å². The Morgan fingerprint density at radius 1 is 1.39 bits per heavy atom. The van der Waals surface area contributed by atoms with Gasteiger partial charge < -0.3 is 4.74 Å². The first-order valence-corrected chi connectivity index (χ1v) is 6.13. The van der Waals surface area contributed by atoms with Gasteiger partial charge in [0.1, 0.15) is 12.2 Å². The number of thiophene rings is 1. The van der Waals surface area contributed by atoms with Crippen LogP contribution in [0, 0.1) is 6.92 Å². The standard InChI is InChI=1S/C12H12N2O3S/c1-8-3-5-10(18-8)9-4-6-11(15)14(13-9)7-12(16)17-2/h3-6H,7H2,1-2H3. The molecule has 0 bridgehead atoms. The fourth-order valence-corrected chi connectivity index (χ4v) is 2.29. The Morgan fingerprint density at radius 3 is 2.78 bits per heavy atom. The molecule has 0 radical (unpaired) electrons. The minimum Gasteiger partial charge on any atom is -0.468 e. The van der Waals surface area contributed by atoms with Crippen molar-refractivity contribution >= 4 is 17.3 Å². The monoisotopic (exact) mass is 264 g/mol. The van der Waals surface area contributed by atoms with Gasteiger partial charge in [0.15, 0.2) is 0 Å². The Hall–Kier alpha value is -1.95. The van der Waals surface area contributed by atoms with E-state index < -0.39 is 5.97 Å². The van der Waals surface area contributed by atoms with Gasteiger partial charge in [-0.2, -0.15) is 5.10 Å². The summed E-state index contributed by atoms with van der Waals surface area (Å²) in [4.78, 5) is 24.8. The van der Waals surface area contributed by atoms with E-state index in [1.54, 1.807) is 17.4 Å². The van der Waals surface area contributed by atoms with E-state index in [2.05, 4.69) is 9.84 Å². The molecule has 0 unspecified atom stereocenters. The number of ether oxygens (including phenoxy) is 1. The van der Waals surface area contributed by atoms with Gasteiger partial charge in [-0.3, -0.25) is 9.59 Å². The summed E-state index contributed by atoms with van der Waals surface area (Å²) in [7, 11) is 1.28. The van der Waals surface area contributed by atoms with Crippen LogP contribution in [0.5, 0.6) is 0 Å². The lowest BCUT2D eigenvalue weighted by Gasteiger charge is -2.04. The van der Waals surface area contributed by atoms with Crippen molar-refractivity contribution in [3.63, 3.8) is 0 Å². The highest BCUT2D eigenvalue weighted by Crippen LogP contribution is 2.24. The molecule has 2 aromatic rings. The molecule has 5 nitrogen and oxygen atoms in total. The molecule has 2 heterocycles. The second-order valence-electron chi connectivity index (χ2n) is 3.70. The van der Waals surface area contributed by atoms with Gasteiger partial charge in [-0.1, -0.05) is 0 Å². The van der Waals surface area contributed by atoms with Gasteiger partial charge in [0.25, 0.3) is 5.56 Å². The summed E-state index contributed by atoms with van der Waals surface area (Å²) in [5, 5.41) is 4.16. The second-order valence-corrected chi connectivity index (χ2v) is 4.99. The number of hydrogen-bond donors (Lipinski definition) is 0. The Bertz CT molecular complexity index is 630. The molecule has 0 N–H and O–H groups in total. The molecule has 0 spiro atoms. The number of carbonyl (C=O) groups is 1. The Balaban J connectivity index is 2.37. The molecule has 0 aliphatic heterocycles. The molecular weight excluding hydrogens is 252 g/mol. The number of rotatable bonds is 3. The highest BCUT2D eigenvalue weighted by Gasteiger charge is 2.08. The van der Waals surface area contributed by atoms with Crippen LogP contribution in [-0.4, -0.2) is 22.9 Å². The maximum atomic E-state index is 11.6. The summed E-state index contributed by atoms with van der Waals surface area (Å²) in [5.74, 6) is -0.496. The van der Waals surface area contributed by atoms with E-state index in [0.29, 0.717) is 5.69 Å². The first kappa shape index (κ1) is 12.5. The van der Waals surface area contributed by atoms with Crippen molar-refractivity contribution in [2.75, 3.05) is 7.11 Å². The zero-order chi connectivity index (χ0) is 13.1. The lowest BCUT2D eigenvalue weighted by molar-refractivity contribution is -0.141. The van der Waals surface area contributed by atoms with Crippen molar-refractivity contribution in [1.82, 2.24) is 9.78 Å². The van der Waals surface area contributed by atoms with Gasteiger partial charge in [-0.15, -0.1) is 11.3 Å². The highest BCUT2D eigenvalue weighted by molar-refractivity contribution is 7.15. The van der Waals surface area contributed by atoms with Gasteiger partial charge >= 0.3 is 5.97 Å². The molecule has 6 heteroatoms. The first-order valence-electron chi connectivity index (χ1n) is 5.32.